The SMILES string of the molecule is CC(=O)c1ccc(Cc2cc(CC(=O)C(=O)c3nn[nH]n3)c[nH]2)cc1. The molecule has 2 aromatic heterocycles. The molecule has 0 atom stereocenters. The molecule has 0 aliphatic rings. The molecule has 0 radical (unpaired) electrons. The molecule has 2 heterocycles. The van der Waals surface area contributed by atoms with Gasteiger partial charge in [-0.3, -0.25) is 14.4 Å². The molecule has 0 aliphatic heterocycles. The van der Waals surface area contributed by atoms with E-state index in [4.69, 9.17) is 0 Å². The maximum Gasteiger partial charge on any atom is 0.269 e. The Labute approximate surface area is 142 Å². The molecule has 0 aliphatic carbocycles. The van der Waals surface area contributed by atoms with Crippen molar-refractivity contribution in [1.82, 2.24) is 25.6 Å². The third-order valence-corrected chi connectivity index (χ3v) is 3.72. The average molecular weight is 337 g/mol. The molecule has 0 saturated heterocycles. The summed E-state index contributed by atoms with van der Waals surface area (Å²) in [5.74, 6) is -1.57. The Balaban J connectivity index is 1.63. The van der Waals surface area contributed by atoms with Gasteiger partial charge in [0.1, 0.15) is 0 Å². The third kappa shape index (κ3) is 3.92. The first-order valence-corrected chi connectivity index (χ1v) is 7.60. The normalized spacial score (nSPS) is 10.6. The maximum atomic E-state index is 12.0. The Hall–Kier alpha value is -3.42. The van der Waals surface area contributed by atoms with Gasteiger partial charge in [0.05, 0.1) is 0 Å². The predicted molar refractivity (Wildman–Crippen MR) is 87.3 cm³/mol. The lowest BCUT2D eigenvalue weighted by Gasteiger charge is -2.01. The van der Waals surface area contributed by atoms with Crippen molar-refractivity contribution in [2.45, 2.75) is 19.8 Å². The van der Waals surface area contributed by atoms with E-state index >= 15 is 0 Å². The van der Waals surface area contributed by atoms with Gasteiger partial charge < -0.3 is 4.98 Å². The number of hydrogen-bond acceptors (Lipinski definition) is 6. The number of aromatic nitrogens is 5. The van der Waals surface area contributed by atoms with Gasteiger partial charge in [-0.25, -0.2) is 0 Å². The van der Waals surface area contributed by atoms with E-state index in [-0.39, 0.29) is 18.0 Å². The van der Waals surface area contributed by atoms with Gasteiger partial charge >= 0.3 is 0 Å². The van der Waals surface area contributed by atoms with Gasteiger partial charge in [-0.2, -0.15) is 5.21 Å². The summed E-state index contributed by atoms with van der Waals surface area (Å²) in [6.07, 6.45) is 2.29. The maximum absolute atomic E-state index is 12.0. The molecular weight excluding hydrogens is 322 g/mol. The minimum absolute atomic E-state index is 0.0264. The van der Waals surface area contributed by atoms with Crippen LogP contribution in [0.4, 0.5) is 0 Å². The quantitative estimate of drug-likeness (QED) is 0.495. The van der Waals surface area contributed by atoms with Crippen LogP contribution in [0, 0.1) is 0 Å². The molecule has 0 unspecified atom stereocenters. The molecule has 1 aromatic carbocycles. The fourth-order valence-corrected chi connectivity index (χ4v) is 2.42. The zero-order chi connectivity index (χ0) is 17.8. The van der Waals surface area contributed by atoms with Crippen molar-refractivity contribution >= 4 is 17.3 Å². The molecule has 25 heavy (non-hydrogen) atoms. The smallest absolute Gasteiger partial charge is 0.269 e. The van der Waals surface area contributed by atoms with E-state index in [1.165, 1.54) is 6.92 Å². The van der Waals surface area contributed by atoms with Crippen LogP contribution in [-0.2, 0) is 17.6 Å². The van der Waals surface area contributed by atoms with Gasteiger partial charge in [0, 0.05) is 30.3 Å². The van der Waals surface area contributed by atoms with Crippen LogP contribution in [0.3, 0.4) is 0 Å². The van der Waals surface area contributed by atoms with Crippen LogP contribution in [0.15, 0.2) is 36.5 Å². The number of tetrazole rings is 1. The van der Waals surface area contributed by atoms with Crippen LogP contribution in [-0.4, -0.2) is 43.0 Å². The highest BCUT2D eigenvalue weighted by Gasteiger charge is 2.21. The molecule has 0 spiro atoms. The molecule has 2 N–H and O–H groups in total. The number of ketones is 3. The van der Waals surface area contributed by atoms with E-state index in [2.05, 4.69) is 25.6 Å². The number of hydrogen-bond donors (Lipinski definition) is 2. The van der Waals surface area contributed by atoms with E-state index < -0.39 is 11.6 Å². The van der Waals surface area contributed by atoms with Crippen LogP contribution in [0.5, 0.6) is 0 Å². The van der Waals surface area contributed by atoms with E-state index in [1.54, 1.807) is 18.3 Å². The van der Waals surface area contributed by atoms with Crippen molar-refractivity contribution in [3.8, 4) is 0 Å². The summed E-state index contributed by atoms with van der Waals surface area (Å²) < 4.78 is 0. The van der Waals surface area contributed by atoms with E-state index in [1.807, 2.05) is 18.2 Å². The number of rotatable bonds is 7. The van der Waals surface area contributed by atoms with Crippen LogP contribution >= 0.6 is 0 Å². The molecule has 3 aromatic rings. The van der Waals surface area contributed by atoms with Crippen molar-refractivity contribution in [2.24, 2.45) is 0 Å². The van der Waals surface area contributed by atoms with Crippen molar-refractivity contribution in [1.29, 1.82) is 0 Å². The van der Waals surface area contributed by atoms with Gasteiger partial charge in [0.2, 0.25) is 11.6 Å². The second kappa shape index (κ2) is 7.00. The fraction of sp³-hybridized carbons (Fsp3) is 0.176. The molecule has 0 saturated carbocycles. The molecule has 0 fully saturated rings. The van der Waals surface area contributed by atoms with Gasteiger partial charge in [-0.1, -0.05) is 24.3 Å². The van der Waals surface area contributed by atoms with Crippen LogP contribution in [0.2, 0.25) is 0 Å². The zero-order valence-corrected chi connectivity index (χ0v) is 13.4. The van der Waals surface area contributed by atoms with Gasteiger partial charge in [0.15, 0.2) is 5.78 Å². The first kappa shape index (κ1) is 16.4. The minimum Gasteiger partial charge on any atom is -0.364 e. The lowest BCUT2D eigenvalue weighted by molar-refractivity contribution is -0.114. The zero-order valence-electron chi connectivity index (χ0n) is 13.4. The van der Waals surface area contributed by atoms with Crippen molar-refractivity contribution in [3.63, 3.8) is 0 Å². The molecule has 0 amide bonds. The van der Waals surface area contributed by atoms with Crippen LogP contribution in [0.1, 0.15) is 44.7 Å². The van der Waals surface area contributed by atoms with E-state index in [9.17, 15) is 14.4 Å². The second-order valence-corrected chi connectivity index (χ2v) is 5.63. The number of benzene rings is 1. The van der Waals surface area contributed by atoms with Crippen molar-refractivity contribution in [2.75, 3.05) is 0 Å². The largest absolute Gasteiger partial charge is 0.364 e. The second-order valence-electron chi connectivity index (χ2n) is 5.63. The topological polar surface area (TPSA) is 121 Å². The Morgan fingerprint density at radius 3 is 2.48 bits per heavy atom. The molecule has 0 bridgehead atoms. The van der Waals surface area contributed by atoms with Crippen molar-refractivity contribution in [3.05, 3.63) is 64.7 Å². The summed E-state index contributed by atoms with van der Waals surface area (Å²) in [5, 5.41) is 12.4. The number of H-pyrrole nitrogens is 2. The molecular formula is C17H15N5O3. The molecule has 8 heteroatoms. The van der Waals surface area contributed by atoms with Gasteiger partial charge in [0.25, 0.3) is 5.78 Å². The number of aromatic amines is 2. The highest BCUT2D eigenvalue weighted by molar-refractivity contribution is 6.43. The van der Waals surface area contributed by atoms with Crippen LogP contribution < -0.4 is 0 Å². The highest BCUT2D eigenvalue weighted by atomic mass is 16.2. The fourth-order valence-electron chi connectivity index (χ4n) is 2.42. The number of nitrogens with zero attached hydrogens (tertiary/aromatic N) is 3. The van der Waals surface area contributed by atoms with Crippen molar-refractivity contribution < 1.29 is 14.4 Å². The molecule has 8 nitrogen and oxygen atoms in total. The van der Waals surface area contributed by atoms with E-state index in [0.29, 0.717) is 17.5 Å². The highest BCUT2D eigenvalue weighted by Crippen LogP contribution is 2.13. The molecule has 3 rings (SSSR count). The summed E-state index contributed by atoms with van der Waals surface area (Å²) in [5.41, 5.74) is 3.32. The summed E-state index contributed by atoms with van der Waals surface area (Å²) in [6.45, 7) is 1.53. The van der Waals surface area contributed by atoms with Gasteiger partial charge in [-0.05, 0) is 29.3 Å². The van der Waals surface area contributed by atoms with Crippen LogP contribution in [0.25, 0.3) is 0 Å². The Bertz CT molecular complexity index is 910. The summed E-state index contributed by atoms with van der Waals surface area (Å²) in [4.78, 5) is 38.2. The average Bonchev–Trinajstić information content (AvgIpc) is 3.27. The number of Topliss-reactive ketones (excluding diaryl/α,β-unsaturated/α-hetero) is 3. The van der Waals surface area contributed by atoms with E-state index in [0.717, 1.165) is 11.3 Å². The number of nitrogens with one attached hydrogen (secondary N) is 2. The first-order valence-electron chi connectivity index (χ1n) is 7.60. The van der Waals surface area contributed by atoms with Gasteiger partial charge in [-0.15, -0.1) is 10.2 Å². The Morgan fingerprint density at radius 2 is 1.84 bits per heavy atom. The lowest BCUT2D eigenvalue weighted by Crippen LogP contribution is -2.18. The standard InChI is InChI=1S/C17H15N5O3/c1-10(23)13-4-2-11(3-5-13)6-14-7-12(9-18-14)8-15(24)16(25)17-19-21-22-20-17/h2-5,7,9,18H,6,8H2,1H3,(H,19,20,21,22). The third-order valence-electron chi connectivity index (χ3n) is 3.72. The molecule has 126 valence electrons. The number of carbonyl (C=O) groups excluding carboxylic acids is 3. The minimum atomic E-state index is -0.767. The summed E-state index contributed by atoms with van der Waals surface area (Å²) >= 11 is 0. The summed E-state index contributed by atoms with van der Waals surface area (Å²) in [6, 6.07) is 9.19. The Kier molecular flexibility index (Phi) is 4.60. The monoisotopic (exact) mass is 337 g/mol. The number of carbonyl (C=O) groups is 3. The predicted octanol–water partition coefficient (Wildman–Crippen LogP) is 1.32. The Morgan fingerprint density at radius 1 is 1.08 bits per heavy atom. The summed E-state index contributed by atoms with van der Waals surface area (Å²) in [7, 11) is 0. The first-order chi connectivity index (χ1) is 12.0. The lowest BCUT2D eigenvalue weighted by atomic mass is 10.0.